The van der Waals surface area contributed by atoms with Crippen molar-refractivity contribution in [2.75, 3.05) is 30.3 Å². The van der Waals surface area contributed by atoms with Gasteiger partial charge in [-0.05, 0) is 56.5 Å². The van der Waals surface area contributed by atoms with Gasteiger partial charge in [0.2, 0.25) is 21.8 Å². The number of nitrogens with one attached hydrogen (secondary N) is 1. The largest absolute Gasteiger partial charge is 0.492 e. The summed E-state index contributed by atoms with van der Waals surface area (Å²) in [5, 5.41) is 3.73. The van der Waals surface area contributed by atoms with Gasteiger partial charge >= 0.3 is 0 Å². The first-order chi connectivity index (χ1) is 18.0. The average molecular weight is 587 g/mol. The predicted molar refractivity (Wildman–Crippen MR) is 153 cm³/mol. The van der Waals surface area contributed by atoms with Crippen molar-refractivity contribution in [3.8, 4) is 5.75 Å². The molecule has 0 spiro atoms. The molecule has 0 saturated heterocycles. The highest BCUT2D eigenvalue weighted by Crippen LogP contribution is 2.30. The van der Waals surface area contributed by atoms with E-state index in [1.807, 2.05) is 13.8 Å². The molecule has 0 fully saturated rings. The maximum absolute atomic E-state index is 13.4. The number of rotatable bonds is 15. The highest BCUT2D eigenvalue weighted by Gasteiger charge is 2.27. The summed E-state index contributed by atoms with van der Waals surface area (Å²) in [6.07, 6.45) is 3.15. The fourth-order valence-electron chi connectivity index (χ4n) is 3.88. The number of hydrogen-bond donors (Lipinski definition) is 1. The van der Waals surface area contributed by atoms with Crippen molar-refractivity contribution in [1.29, 1.82) is 0 Å². The number of carbonyl (C=O) groups is 2. The van der Waals surface area contributed by atoms with Crippen molar-refractivity contribution in [3.63, 3.8) is 0 Å². The second kappa shape index (κ2) is 15.2. The Balaban J connectivity index is 2.22. The molecule has 2 aromatic rings. The zero-order valence-corrected chi connectivity index (χ0v) is 24.7. The molecule has 210 valence electrons. The molecule has 38 heavy (non-hydrogen) atoms. The molecule has 0 aliphatic carbocycles. The number of halogens is 2. The number of ether oxygens (including phenoxy) is 1. The lowest BCUT2D eigenvalue weighted by Crippen LogP contribution is -2.48. The fraction of sp³-hybridized carbons (Fsp3) is 0.481. The minimum absolute atomic E-state index is 0.0284. The standard InChI is InChI=1S/C27H37Cl2N3O5S/c1-5-7-16-30-27(34)20(3)31(19-21-14-15-22(28)18-23(21)29)26(33)13-10-17-32(38(4,35)36)24-11-8-9-12-25(24)37-6-2/h8-9,11-12,14-15,18,20H,5-7,10,13,16-17,19H2,1-4H3,(H,30,34). The van der Waals surface area contributed by atoms with Crippen LogP contribution in [0.3, 0.4) is 0 Å². The van der Waals surface area contributed by atoms with E-state index in [2.05, 4.69) is 5.32 Å². The third-order valence-corrected chi connectivity index (χ3v) is 7.71. The normalized spacial score (nSPS) is 12.1. The molecule has 0 heterocycles. The number of hydrogen-bond acceptors (Lipinski definition) is 5. The Morgan fingerprint density at radius 1 is 1.08 bits per heavy atom. The molecule has 0 aromatic heterocycles. The van der Waals surface area contributed by atoms with Crippen LogP contribution in [-0.4, -0.2) is 57.1 Å². The summed E-state index contributed by atoms with van der Waals surface area (Å²) >= 11 is 12.4. The van der Waals surface area contributed by atoms with Crippen LogP contribution in [0.1, 0.15) is 52.0 Å². The summed E-state index contributed by atoms with van der Waals surface area (Å²) in [5.41, 5.74) is 1.07. The lowest BCUT2D eigenvalue weighted by molar-refractivity contribution is -0.140. The van der Waals surface area contributed by atoms with E-state index in [1.165, 1.54) is 9.21 Å². The van der Waals surface area contributed by atoms with Gasteiger partial charge in [-0.1, -0.05) is 54.7 Å². The molecule has 1 N–H and O–H groups in total. The lowest BCUT2D eigenvalue weighted by atomic mass is 10.1. The van der Waals surface area contributed by atoms with Gasteiger partial charge in [0.1, 0.15) is 11.8 Å². The van der Waals surface area contributed by atoms with Crippen LogP contribution in [-0.2, 0) is 26.2 Å². The van der Waals surface area contributed by atoms with E-state index in [4.69, 9.17) is 27.9 Å². The first kappa shape index (κ1) is 31.7. The number of carbonyl (C=O) groups excluding carboxylic acids is 2. The minimum atomic E-state index is -3.64. The number of anilines is 1. The van der Waals surface area contributed by atoms with Crippen LogP contribution in [0.25, 0.3) is 0 Å². The van der Waals surface area contributed by atoms with E-state index in [0.29, 0.717) is 40.2 Å². The molecule has 8 nitrogen and oxygen atoms in total. The van der Waals surface area contributed by atoms with E-state index in [9.17, 15) is 18.0 Å². The number of amides is 2. The van der Waals surface area contributed by atoms with Crippen LogP contribution in [0, 0.1) is 0 Å². The van der Waals surface area contributed by atoms with Crippen LogP contribution in [0.15, 0.2) is 42.5 Å². The Morgan fingerprint density at radius 2 is 1.79 bits per heavy atom. The summed E-state index contributed by atoms with van der Waals surface area (Å²) in [5.74, 6) is -0.107. The van der Waals surface area contributed by atoms with E-state index >= 15 is 0 Å². The number of para-hydroxylation sites is 2. The van der Waals surface area contributed by atoms with Gasteiger partial charge in [-0.3, -0.25) is 13.9 Å². The molecule has 0 aliphatic heterocycles. The topological polar surface area (TPSA) is 96.0 Å². The lowest BCUT2D eigenvalue weighted by Gasteiger charge is -2.30. The van der Waals surface area contributed by atoms with E-state index < -0.39 is 16.1 Å². The SMILES string of the molecule is CCCCNC(=O)C(C)N(Cc1ccc(Cl)cc1Cl)C(=O)CCCN(c1ccccc1OCC)S(C)(=O)=O. The van der Waals surface area contributed by atoms with E-state index in [1.54, 1.807) is 49.4 Å². The molecule has 1 atom stereocenters. The first-order valence-electron chi connectivity index (χ1n) is 12.7. The van der Waals surface area contributed by atoms with Crippen molar-refractivity contribution < 1.29 is 22.7 Å². The molecule has 11 heteroatoms. The predicted octanol–water partition coefficient (Wildman–Crippen LogP) is 5.27. The van der Waals surface area contributed by atoms with Crippen LogP contribution < -0.4 is 14.4 Å². The summed E-state index contributed by atoms with van der Waals surface area (Å²) in [6, 6.07) is 11.1. The monoisotopic (exact) mass is 585 g/mol. The highest BCUT2D eigenvalue weighted by molar-refractivity contribution is 7.92. The highest BCUT2D eigenvalue weighted by atomic mass is 35.5. The van der Waals surface area contributed by atoms with E-state index in [0.717, 1.165) is 19.1 Å². The van der Waals surface area contributed by atoms with Crippen molar-refractivity contribution in [1.82, 2.24) is 10.2 Å². The molecule has 0 aliphatic rings. The molecular weight excluding hydrogens is 549 g/mol. The van der Waals surface area contributed by atoms with Gasteiger partial charge < -0.3 is 15.0 Å². The second-order valence-electron chi connectivity index (χ2n) is 8.92. The first-order valence-corrected chi connectivity index (χ1v) is 15.3. The summed E-state index contributed by atoms with van der Waals surface area (Å²) in [4.78, 5) is 27.7. The van der Waals surface area contributed by atoms with Gasteiger partial charge in [0.15, 0.2) is 0 Å². The Kier molecular flexibility index (Phi) is 12.7. The molecule has 2 amide bonds. The quantitative estimate of drug-likeness (QED) is 0.287. The molecule has 0 saturated carbocycles. The Hall–Kier alpha value is -2.49. The zero-order chi connectivity index (χ0) is 28.3. The Bertz CT molecular complexity index is 1190. The van der Waals surface area contributed by atoms with Gasteiger partial charge in [0.25, 0.3) is 0 Å². The molecule has 0 radical (unpaired) electrons. The van der Waals surface area contributed by atoms with Crippen molar-refractivity contribution in [2.24, 2.45) is 0 Å². The van der Waals surface area contributed by atoms with Gasteiger partial charge in [0, 0.05) is 36.1 Å². The van der Waals surface area contributed by atoms with Gasteiger partial charge in [0.05, 0.1) is 18.6 Å². The van der Waals surface area contributed by atoms with Gasteiger partial charge in [-0.15, -0.1) is 0 Å². The number of unbranched alkanes of at least 4 members (excludes halogenated alkanes) is 1. The maximum atomic E-state index is 13.4. The third-order valence-electron chi connectivity index (χ3n) is 5.94. The Morgan fingerprint density at radius 3 is 2.42 bits per heavy atom. The molecule has 1 unspecified atom stereocenters. The Labute approximate surface area is 236 Å². The molecular formula is C27H37Cl2N3O5S. The van der Waals surface area contributed by atoms with Gasteiger partial charge in [-0.2, -0.15) is 0 Å². The third kappa shape index (κ3) is 9.36. The number of sulfonamides is 1. The zero-order valence-electron chi connectivity index (χ0n) is 22.4. The smallest absolute Gasteiger partial charge is 0.242 e. The molecule has 2 rings (SSSR count). The average Bonchev–Trinajstić information content (AvgIpc) is 2.86. The van der Waals surface area contributed by atoms with Crippen LogP contribution >= 0.6 is 23.2 Å². The van der Waals surface area contributed by atoms with Crippen molar-refractivity contribution in [2.45, 2.75) is 59.0 Å². The minimum Gasteiger partial charge on any atom is -0.492 e. The summed E-state index contributed by atoms with van der Waals surface area (Å²) in [6.45, 7) is 6.60. The second-order valence-corrected chi connectivity index (χ2v) is 11.7. The molecule has 2 aromatic carbocycles. The van der Waals surface area contributed by atoms with Crippen LogP contribution in [0.5, 0.6) is 5.75 Å². The van der Waals surface area contributed by atoms with Gasteiger partial charge in [-0.25, -0.2) is 8.42 Å². The summed E-state index contributed by atoms with van der Waals surface area (Å²) in [7, 11) is -3.64. The fourth-order valence-corrected chi connectivity index (χ4v) is 5.31. The van der Waals surface area contributed by atoms with E-state index in [-0.39, 0.29) is 37.7 Å². The number of benzene rings is 2. The van der Waals surface area contributed by atoms with Crippen molar-refractivity contribution in [3.05, 3.63) is 58.1 Å². The molecule has 0 bridgehead atoms. The summed E-state index contributed by atoms with van der Waals surface area (Å²) < 4.78 is 32.1. The maximum Gasteiger partial charge on any atom is 0.242 e. The van der Waals surface area contributed by atoms with Crippen LogP contribution in [0.4, 0.5) is 5.69 Å². The van der Waals surface area contributed by atoms with Crippen molar-refractivity contribution >= 4 is 50.7 Å². The number of nitrogens with zero attached hydrogens (tertiary/aromatic N) is 2. The van der Waals surface area contributed by atoms with Crippen LogP contribution in [0.2, 0.25) is 10.0 Å².